The van der Waals surface area contributed by atoms with Crippen LogP contribution in [0.25, 0.3) is 0 Å². The molecule has 1 saturated carbocycles. The quantitative estimate of drug-likeness (QED) is 0.888. The summed E-state index contributed by atoms with van der Waals surface area (Å²) in [6.07, 6.45) is 4.85. The Morgan fingerprint density at radius 3 is 2.57 bits per heavy atom. The standard InChI is InChI=1S/C19H24N2O2/c1-15(17-10-6-13-23-17)21(2)14-18(22)20-19(11-7-12-19)16-8-4-3-5-9-16/h3-6,8-10,13,15H,7,11-12,14H2,1-2H3,(H,20,22). The topological polar surface area (TPSA) is 45.5 Å². The fraction of sp³-hybridized carbons (Fsp3) is 0.421. The average molecular weight is 312 g/mol. The Labute approximate surface area is 137 Å². The van der Waals surface area contributed by atoms with Gasteiger partial charge < -0.3 is 9.73 Å². The van der Waals surface area contributed by atoms with Gasteiger partial charge in [-0.05, 0) is 50.9 Å². The maximum absolute atomic E-state index is 12.5. The van der Waals surface area contributed by atoms with E-state index in [1.54, 1.807) is 6.26 Å². The molecule has 4 nitrogen and oxygen atoms in total. The Balaban J connectivity index is 1.62. The van der Waals surface area contributed by atoms with Crippen LogP contribution in [-0.4, -0.2) is 24.4 Å². The lowest BCUT2D eigenvalue weighted by molar-refractivity contribution is -0.125. The first-order valence-corrected chi connectivity index (χ1v) is 8.21. The summed E-state index contributed by atoms with van der Waals surface area (Å²) in [7, 11) is 1.95. The summed E-state index contributed by atoms with van der Waals surface area (Å²) < 4.78 is 5.43. The number of rotatable bonds is 6. The second kappa shape index (κ2) is 6.59. The second-order valence-electron chi connectivity index (χ2n) is 6.46. The van der Waals surface area contributed by atoms with Gasteiger partial charge in [0.15, 0.2) is 0 Å². The van der Waals surface area contributed by atoms with Crippen LogP contribution in [0.2, 0.25) is 0 Å². The van der Waals surface area contributed by atoms with Crippen LogP contribution < -0.4 is 5.32 Å². The molecule has 122 valence electrons. The molecular weight excluding hydrogens is 288 g/mol. The maximum atomic E-state index is 12.5. The minimum Gasteiger partial charge on any atom is -0.468 e. The molecule has 23 heavy (non-hydrogen) atoms. The van der Waals surface area contributed by atoms with Gasteiger partial charge in [-0.3, -0.25) is 9.69 Å². The first-order chi connectivity index (χ1) is 11.1. The molecule has 1 N–H and O–H groups in total. The number of likely N-dealkylation sites (N-methyl/N-ethyl adjacent to an activating group) is 1. The Morgan fingerprint density at radius 2 is 2.00 bits per heavy atom. The van der Waals surface area contributed by atoms with Gasteiger partial charge in [0.1, 0.15) is 5.76 Å². The van der Waals surface area contributed by atoms with E-state index >= 15 is 0 Å². The van der Waals surface area contributed by atoms with Crippen molar-refractivity contribution in [3.63, 3.8) is 0 Å². The summed E-state index contributed by atoms with van der Waals surface area (Å²) in [4.78, 5) is 14.5. The Hall–Kier alpha value is -2.07. The van der Waals surface area contributed by atoms with Crippen LogP contribution in [-0.2, 0) is 10.3 Å². The van der Waals surface area contributed by atoms with Crippen molar-refractivity contribution in [2.75, 3.05) is 13.6 Å². The first kappa shape index (κ1) is 15.8. The van der Waals surface area contributed by atoms with Crippen LogP contribution in [0.1, 0.15) is 43.6 Å². The molecule has 1 amide bonds. The molecule has 1 atom stereocenters. The van der Waals surface area contributed by atoms with Gasteiger partial charge in [0.25, 0.3) is 0 Å². The van der Waals surface area contributed by atoms with Crippen molar-refractivity contribution in [3.05, 3.63) is 60.1 Å². The molecule has 0 spiro atoms. The zero-order chi connectivity index (χ0) is 16.3. The third kappa shape index (κ3) is 3.32. The molecule has 4 heteroatoms. The molecule has 0 radical (unpaired) electrons. The zero-order valence-corrected chi connectivity index (χ0v) is 13.8. The average Bonchev–Trinajstić information content (AvgIpc) is 3.05. The number of furan rings is 1. The van der Waals surface area contributed by atoms with Crippen molar-refractivity contribution < 1.29 is 9.21 Å². The van der Waals surface area contributed by atoms with Gasteiger partial charge in [-0.15, -0.1) is 0 Å². The SMILES string of the molecule is CC(c1ccco1)N(C)CC(=O)NC1(c2ccccc2)CCC1. The van der Waals surface area contributed by atoms with Gasteiger partial charge in [-0.1, -0.05) is 30.3 Å². The van der Waals surface area contributed by atoms with E-state index in [1.165, 1.54) is 5.56 Å². The van der Waals surface area contributed by atoms with Crippen LogP contribution in [0.3, 0.4) is 0 Å². The summed E-state index contributed by atoms with van der Waals surface area (Å²) >= 11 is 0. The van der Waals surface area contributed by atoms with E-state index < -0.39 is 0 Å². The van der Waals surface area contributed by atoms with E-state index in [0.29, 0.717) is 6.54 Å². The number of nitrogens with zero attached hydrogens (tertiary/aromatic N) is 1. The highest BCUT2D eigenvalue weighted by Gasteiger charge is 2.40. The fourth-order valence-electron chi connectivity index (χ4n) is 3.19. The molecule has 0 saturated heterocycles. The molecule has 1 aliphatic rings. The van der Waals surface area contributed by atoms with Crippen molar-refractivity contribution in [2.24, 2.45) is 0 Å². The van der Waals surface area contributed by atoms with Crippen molar-refractivity contribution in [2.45, 2.75) is 37.8 Å². The summed E-state index contributed by atoms with van der Waals surface area (Å²) in [6.45, 7) is 2.40. The highest BCUT2D eigenvalue weighted by Crippen LogP contribution is 2.41. The number of carbonyl (C=O) groups is 1. The van der Waals surface area contributed by atoms with Crippen LogP contribution in [0.15, 0.2) is 53.1 Å². The van der Waals surface area contributed by atoms with Gasteiger partial charge in [0.2, 0.25) is 5.91 Å². The van der Waals surface area contributed by atoms with Crippen molar-refractivity contribution in [3.8, 4) is 0 Å². The number of hydrogen-bond donors (Lipinski definition) is 1. The molecule has 1 unspecified atom stereocenters. The van der Waals surface area contributed by atoms with E-state index in [-0.39, 0.29) is 17.5 Å². The maximum Gasteiger partial charge on any atom is 0.234 e. The van der Waals surface area contributed by atoms with Crippen LogP contribution in [0.4, 0.5) is 0 Å². The number of benzene rings is 1. The van der Waals surface area contributed by atoms with E-state index in [9.17, 15) is 4.79 Å². The Bertz CT molecular complexity index is 633. The van der Waals surface area contributed by atoms with Crippen molar-refractivity contribution in [1.29, 1.82) is 0 Å². The van der Waals surface area contributed by atoms with Gasteiger partial charge in [0, 0.05) is 0 Å². The summed E-state index contributed by atoms with van der Waals surface area (Å²) in [5.41, 5.74) is 1.04. The highest BCUT2D eigenvalue weighted by atomic mass is 16.3. The minimum absolute atomic E-state index is 0.0643. The largest absolute Gasteiger partial charge is 0.468 e. The van der Waals surface area contributed by atoms with E-state index in [1.807, 2.05) is 49.2 Å². The number of carbonyl (C=O) groups excluding carboxylic acids is 1. The van der Waals surface area contributed by atoms with Gasteiger partial charge >= 0.3 is 0 Å². The van der Waals surface area contributed by atoms with Crippen LogP contribution >= 0.6 is 0 Å². The molecule has 0 bridgehead atoms. The third-order valence-corrected chi connectivity index (χ3v) is 4.92. The minimum atomic E-state index is -0.174. The molecule has 1 heterocycles. The zero-order valence-electron chi connectivity index (χ0n) is 13.8. The molecule has 3 rings (SSSR count). The molecule has 1 aliphatic carbocycles. The lowest BCUT2D eigenvalue weighted by Crippen LogP contribution is -2.53. The van der Waals surface area contributed by atoms with E-state index in [2.05, 4.69) is 17.4 Å². The predicted octanol–water partition coefficient (Wildman–Crippen LogP) is 3.47. The number of amides is 1. The van der Waals surface area contributed by atoms with Crippen molar-refractivity contribution in [1.82, 2.24) is 10.2 Å². The monoisotopic (exact) mass is 312 g/mol. The summed E-state index contributed by atoms with van der Waals surface area (Å²) in [5, 5.41) is 3.27. The smallest absolute Gasteiger partial charge is 0.234 e. The van der Waals surface area contributed by atoms with Crippen molar-refractivity contribution >= 4 is 5.91 Å². The normalized spacial score (nSPS) is 17.5. The summed E-state index contributed by atoms with van der Waals surface area (Å²) in [6, 6.07) is 14.2. The molecule has 2 aromatic rings. The number of nitrogens with one attached hydrogen (secondary N) is 1. The second-order valence-corrected chi connectivity index (χ2v) is 6.46. The van der Waals surface area contributed by atoms with Gasteiger partial charge in [-0.2, -0.15) is 0 Å². The lowest BCUT2D eigenvalue weighted by atomic mass is 9.72. The molecule has 0 aliphatic heterocycles. The molecule has 1 aromatic carbocycles. The van der Waals surface area contributed by atoms with Gasteiger partial charge in [0.05, 0.1) is 24.4 Å². The predicted molar refractivity (Wildman–Crippen MR) is 89.9 cm³/mol. The Morgan fingerprint density at radius 1 is 1.26 bits per heavy atom. The molecule has 1 fully saturated rings. The molecule has 1 aromatic heterocycles. The van der Waals surface area contributed by atoms with E-state index in [4.69, 9.17) is 4.42 Å². The third-order valence-electron chi connectivity index (χ3n) is 4.92. The first-order valence-electron chi connectivity index (χ1n) is 8.21. The highest BCUT2D eigenvalue weighted by molar-refractivity contribution is 5.79. The number of hydrogen-bond acceptors (Lipinski definition) is 3. The summed E-state index contributed by atoms with van der Waals surface area (Å²) in [5.74, 6) is 0.941. The van der Waals surface area contributed by atoms with Gasteiger partial charge in [-0.25, -0.2) is 0 Å². The fourth-order valence-corrected chi connectivity index (χ4v) is 3.19. The Kier molecular flexibility index (Phi) is 4.53. The van der Waals surface area contributed by atoms with E-state index in [0.717, 1.165) is 25.0 Å². The molecular formula is C19H24N2O2. The van der Waals surface area contributed by atoms with Crippen LogP contribution in [0.5, 0.6) is 0 Å². The van der Waals surface area contributed by atoms with Crippen LogP contribution in [0, 0.1) is 0 Å². The lowest BCUT2D eigenvalue weighted by Gasteiger charge is -2.43.